The number of thiazole rings is 1. The van der Waals surface area contributed by atoms with Crippen molar-refractivity contribution in [3.05, 3.63) is 10.6 Å². The van der Waals surface area contributed by atoms with E-state index in [1.165, 1.54) is 11.3 Å². The standard InChI is InChI=1S/C15H20N2O3S/c1-14(2)7-9-11(10(18)8-14)21-13(16-9)17-12(19)15(20)5-3-4-6-15/h20H,3-8H2,1-2H3,(H,16,17,19). The first-order chi connectivity index (χ1) is 9.79. The van der Waals surface area contributed by atoms with Crippen molar-refractivity contribution in [1.82, 2.24) is 4.98 Å². The number of nitrogens with one attached hydrogen (secondary N) is 1. The van der Waals surface area contributed by atoms with Crippen LogP contribution in [0.5, 0.6) is 0 Å². The number of rotatable bonds is 2. The van der Waals surface area contributed by atoms with Gasteiger partial charge in [0, 0.05) is 6.42 Å². The van der Waals surface area contributed by atoms with Crippen LogP contribution in [0.1, 0.15) is 61.3 Å². The molecule has 2 aliphatic rings. The van der Waals surface area contributed by atoms with E-state index in [9.17, 15) is 14.7 Å². The van der Waals surface area contributed by atoms with Crippen LogP contribution in [-0.4, -0.2) is 27.4 Å². The topological polar surface area (TPSA) is 79.3 Å². The lowest BCUT2D eigenvalue weighted by Gasteiger charge is -2.26. The van der Waals surface area contributed by atoms with Gasteiger partial charge < -0.3 is 5.11 Å². The molecule has 1 fully saturated rings. The van der Waals surface area contributed by atoms with Gasteiger partial charge >= 0.3 is 0 Å². The lowest BCUT2D eigenvalue weighted by atomic mass is 9.78. The summed E-state index contributed by atoms with van der Waals surface area (Å²) in [6.07, 6.45) is 3.98. The highest BCUT2D eigenvalue weighted by molar-refractivity contribution is 7.17. The van der Waals surface area contributed by atoms with Crippen molar-refractivity contribution in [2.45, 2.75) is 58.0 Å². The number of anilines is 1. The number of carbonyl (C=O) groups excluding carboxylic acids is 2. The summed E-state index contributed by atoms with van der Waals surface area (Å²) in [6, 6.07) is 0. The summed E-state index contributed by atoms with van der Waals surface area (Å²) >= 11 is 1.23. The lowest BCUT2D eigenvalue weighted by molar-refractivity contribution is -0.133. The fourth-order valence-electron chi connectivity index (χ4n) is 3.17. The lowest BCUT2D eigenvalue weighted by Crippen LogP contribution is -2.40. The van der Waals surface area contributed by atoms with E-state index < -0.39 is 11.5 Å². The van der Waals surface area contributed by atoms with Gasteiger partial charge in [-0.15, -0.1) is 0 Å². The Labute approximate surface area is 127 Å². The second-order valence-corrected chi connectivity index (χ2v) is 7.93. The van der Waals surface area contributed by atoms with Gasteiger partial charge in [-0.25, -0.2) is 4.98 Å². The Morgan fingerprint density at radius 3 is 2.62 bits per heavy atom. The van der Waals surface area contributed by atoms with Crippen molar-refractivity contribution >= 4 is 28.2 Å². The van der Waals surface area contributed by atoms with Crippen LogP contribution in [0.3, 0.4) is 0 Å². The minimum absolute atomic E-state index is 0.0803. The number of hydrogen-bond acceptors (Lipinski definition) is 5. The monoisotopic (exact) mass is 308 g/mol. The van der Waals surface area contributed by atoms with Crippen LogP contribution < -0.4 is 5.32 Å². The van der Waals surface area contributed by atoms with Crippen molar-refractivity contribution in [2.75, 3.05) is 5.32 Å². The van der Waals surface area contributed by atoms with E-state index in [0.29, 0.717) is 29.3 Å². The Hall–Kier alpha value is -1.27. The maximum Gasteiger partial charge on any atom is 0.258 e. The van der Waals surface area contributed by atoms with Crippen molar-refractivity contribution < 1.29 is 14.7 Å². The number of hydrogen-bond donors (Lipinski definition) is 2. The molecule has 1 saturated carbocycles. The molecule has 2 aliphatic carbocycles. The zero-order valence-corrected chi connectivity index (χ0v) is 13.2. The molecule has 0 aliphatic heterocycles. The second-order valence-electron chi connectivity index (χ2n) is 6.93. The molecule has 3 rings (SSSR count). The summed E-state index contributed by atoms with van der Waals surface area (Å²) in [5, 5.41) is 13.4. The molecule has 0 unspecified atom stereocenters. The van der Waals surface area contributed by atoms with Crippen LogP contribution in [0.4, 0.5) is 5.13 Å². The van der Waals surface area contributed by atoms with Crippen LogP contribution in [0.25, 0.3) is 0 Å². The molecule has 0 spiro atoms. The van der Waals surface area contributed by atoms with Gasteiger partial charge in [-0.2, -0.15) is 0 Å². The quantitative estimate of drug-likeness (QED) is 0.880. The fourth-order valence-corrected chi connectivity index (χ4v) is 4.09. The molecule has 114 valence electrons. The molecule has 6 heteroatoms. The number of aromatic nitrogens is 1. The number of amides is 1. The average Bonchev–Trinajstić information content (AvgIpc) is 2.95. The van der Waals surface area contributed by atoms with Gasteiger partial charge in [0.25, 0.3) is 5.91 Å². The van der Waals surface area contributed by atoms with E-state index in [-0.39, 0.29) is 11.2 Å². The maximum atomic E-state index is 12.2. The van der Waals surface area contributed by atoms with Crippen LogP contribution in [0, 0.1) is 5.41 Å². The highest BCUT2D eigenvalue weighted by Crippen LogP contribution is 2.39. The summed E-state index contributed by atoms with van der Waals surface area (Å²) in [5.74, 6) is -0.295. The van der Waals surface area contributed by atoms with E-state index in [0.717, 1.165) is 25.0 Å². The van der Waals surface area contributed by atoms with Crippen LogP contribution in [0.2, 0.25) is 0 Å². The third-order valence-electron chi connectivity index (χ3n) is 4.31. The van der Waals surface area contributed by atoms with Gasteiger partial charge in [0.2, 0.25) is 0 Å². The zero-order chi connectivity index (χ0) is 15.3. The number of fused-ring (bicyclic) bond motifs is 1. The smallest absolute Gasteiger partial charge is 0.258 e. The minimum atomic E-state index is -1.27. The highest BCUT2D eigenvalue weighted by Gasteiger charge is 2.40. The summed E-state index contributed by atoms with van der Waals surface area (Å²) < 4.78 is 0. The molecule has 2 N–H and O–H groups in total. The second kappa shape index (κ2) is 4.88. The molecule has 21 heavy (non-hydrogen) atoms. The predicted octanol–water partition coefficient (Wildman–Crippen LogP) is 2.54. The van der Waals surface area contributed by atoms with E-state index in [2.05, 4.69) is 10.3 Å². The Morgan fingerprint density at radius 1 is 1.29 bits per heavy atom. The molecule has 0 saturated heterocycles. The largest absolute Gasteiger partial charge is 0.380 e. The third kappa shape index (κ3) is 2.74. The fraction of sp³-hybridized carbons (Fsp3) is 0.667. The van der Waals surface area contributed by atoms with Gasteiger partial charge in [-0.1, -0.05) is 25.2 Å². The highest BCUT2D eigenvalue weighted by atomic mass is 32.1. The van der Waals surface area contributed by atoms with Crippen molar-refractivity contribution in [3.63, 3.8) is 0 Å². The Bertz CT molecular complexity index is 600. The van der Waals surface area contributed by atoms with Crippen molar-refractivity contribution in [1.29, 1.82) is 0 Å². The van der Waals surface area contributed by atoms with Gasteiger partial charge in [0.05, 0.1) is 10.6 Å². The molecule has 0 aromatic carbocycles. The average molecular weight is 308 g/mol. The number of Topliss-reactive ketones (excluding diaryl/α,β-unsaturated/α-hetero) is 1. The van der Waals surface area contributed by atoms with E-state index in [1.54, 1.807) is 0 Å². The Morgan fingerprint density at radius 2 is 1.95 bits per heavy atom. The molecular formula is C15H20N2O3S. The Kier molecular flexibility index (Phi) is 3.41. The van der Waals surface area contributed by atoms with Crippen molar-refractivity contribution in [2.24, 2.45) is 5.41 Å². The molecule has 1 aromatic rings. The third-order valence-corrected chi connectivity index (χ3v) is 5.36. The number of ketones is 1. The van der Waals surface area contributed by atoms with Crippen molar-refractivity contribution in [3.8, 4) is 0 Å². The molecule has 0 radical (unpaired) electrons. The number of aliphatic hydroxyl groups is 1. The normalized spacial score (nSPS) is 22.9. The van der Waals surface area contributed by atoms with Gasteiger partial charge in [0.1, 0.15) is 5.60 Å². The van der Waals surface area contributed by atoms with Crippen LogP contribution in [-0.2, 0) is 11.2 Å². The summed E-state index contributed by atoms with van der Waals surface area (Å²) in [4.78, 5) is 29.4. The Balaban J connectivity index is 1.79. The first kappa shape index (κ1) is 14.7. The SMILES string of the molecule is CC1(C)CC(=O)c2sc(NC(=O)C3(O)CCCC3)nc2C1. The number of nitrogens with zero attached hydrogens (tertiary/aromatic N) is 1. The molecule has 0 atom stereocenters. The molecule has 5 nitrogen and oxygen atoms in total. The van der Waals surface area contributed by atoms with E-state index in [4.69, 9.17) is 0 Å². The first-order valence-electron chi connectivity index (χ1n) is 7.36. The van der Waals surface area contributed by atoms with Gasteiger partial charge in [-0.3, -0.25) is 14.9 Å². The maximum absolute atomic E-state index is 12.2. The minimum Gasteiger partial charge on any atom is -0.380 e. The van der Waals surface area contributed by atoms with Gasteiger partial charge in [-0.05, 0) is 37.5 Å². The molecule has 1 heterocycles. The summed E-state index contributed by atoms with van der Waals surface area (Å²) in [5.41, 5.74) is -0.576. The van der Waals surface area contributed by atoms with E-state index in [1.807, 2.05) is 13.8 Å². The zero-order valence-electron chi connectivity index (χ0n) is 12.4. The first-order valence-corrected chi connectivity index (χ1v) is 8.18. The van der Waals surface area contributed by atoms with E-state index >= 15 is 0 Å². The number of carbonyl (C=O) groups is 2. The van der Waals surface area contributed by atoms with Crippen LogP contribution >= 0.6 is 11.3 Å². The molecule has 1 amide bonds. The molecular weight excluding hydrogens is 288 g/mol. The molecule has 0 bridgehead atoms. The predicted molar refractivity (Wildman–Crippen MR) is 80.6 cm³/mol. The summed E-state index contributed by atoms with van der Waals surface area (Å²) in [6.45, 7) is 4.10. The summed E-state index contributed by atoms with van der Waals surface area (Å²) in [7, 11) is 0. The van der Waals surface area contributed by atoms with Gasteiger partial charge in [0.15, 0.2) is 10.9 Å². The van der Waals surface area contributed by atoms with Crippen LogP contribution in [0.15, 0.2) is 0 Å². The molecule has 1 aromatic heterocycles.